The van der Waals surface area contributed by atoms with Gasteiger partial charge in [-0.15, -0.1) is 0 Å². The molecule has 5 heteroatoms. The van der Waals surface area contributed by atoms with Gasteiger partial charge in [0.1, 0.15) is 0 Å². The lowest BCUT2D eigenvalue weighted by Crippen LogP contribution is -2.29. The first-order valence-corrected chi connectivity index (χ1v) is 4.69. The minimum Gasteiger partial charge on any atom is -0.469 e. The Morgan fingerprint density at radius 2 is 2.21 bits per heavy atom. The summed E-state index contributed by atoms with van der Waals surface area (Å²) < 4.78 is 9.59. The lowest BCUT2D eigenvalue weighted by Gasteiger charge is -2.10. The molecule has 0 rings (SSSR count). The van der Waals surface area contributed by atoms with Crippen LogP contribution in [0, 0.1) is 5.92 Å². The molecule has 0 saturated heterocycles. The van der Waals surface area contributed by atoms with Gasteiger partial charge in [0.05, 0.1) is 32.8 Å². The van der Waals surface area contributed by atoms with E-state index < -0.39 is 0 Å². The van der Waals surface area contributed by atoms with Crippen molar-refractivity contribution in [3.05, 3.63) is 0 Å². The standard InChI is InChI=1S/C9H19NO4/c1-8(9(12)13-2)7-10-3-5-14-6-4-11/h8,10-11H,3-7H2,1-2H3. The van der Waals surface area contributed by atoms with Crippen LogP contribution < -0.4 is 5.32 Å². The molecule has 84 valence electrons. The zero-order valence-electron chi connectivity index (χ0n) is 8.78. The minimum absolute atomic E-state index is 0.0402. The van der Waals surface area contributed by atoms with E-state index in [1.807, 2.05) is 0 Å². The predicted molar refractivity (Wildman–Crippen MR) is 52.0 cm³/mol. The van der Waals surface area contributed by atoms with Gasteiger partial charge in [-0.2, -0.15) is 0 Å². The molecule has 0 aliphatic carbocycles. The van der Waals surface area contributed by atoms with E-state index in [-0.39, 0.29) is 18.5 Å². The molecule has 0 aliphatic rings. The third kappa shape index (κ3) is 6.82. The number of aliphatic hydroxyl groups is 1. The highest BCUT2D eigenvalue weighted by molar-refractivity contribution is 5.71. The summed E-state index contributed by atoms with van der Waals surface area (Å²) in [5, 5.41) is 11.5. The number of hydrogen-bond acceptors (Lipinski definition) is 5. The highest BCUT2D eigenvalue weighted by atomic mass is 16.5. The van der Waals surface area contributed by atoms with Gasteiger partial charge < -0.3 is 19.9 Å². The van der Waals surface area contributed by atoms with Crippen LogP contribution >= 0.6 is 0 Å². The molecule has 0 amide bonds. The number of aliphatic hydroxyl groups excluding tert-OH is 1. The Morgan fingerprint density at radius 1 is 1.50 bits per heavy atom. The average Bonchev–Trinajstić information content (AvgIpc) is 2.21. The monoisotopic (exact) mass is 205 g/mol. The summed E-state index contributed by atoms with van der Waals surface area (Å²) in [6.07, 6.45) is 0. The van der Waals surface area contributed by atoms with Crippen LogP contribution in [0.3, 0.4) is 0 Å². The van der Waals surface area contributed by atoms with E-state index in [4.69, 9.17) is 9.84 Å². The summed E-state index contributed by atoms with van der Waals surface area (Å²) in [5.74, 6) is -0.355. The van der Waals surface area contributed by atoms with Crippen molar-refractivity contribution in [1.29, 1.82) is 0 Å². The number of ether oxygens (including phenoxy) is 2. The third-order valence-electron chi connectivity index (χ3n) is 1.71. The molecule has 0 saturated carbocycles. The van der Waals surface area contributed by atoms with Gasteiger partial charge in [0.25, 0.3) is 0 Å². The smallest absolute Gasteiger partial charge is 0.309 e. The first-order chi connectivity index (χ1) is 6.72. The van der Waals surface area contributed by atoms with E-state index in [1.54, 1.807) is 6.92 Å². The van der Waals surface area contributed by atoms with Gasteiger partial charge >= 0.3 is 5.97 Å². The van der Waals surface area contributed by atoms with Crippen LogP contribution in [0.15, 0.2) is 0 Å². The van der Waals surface area contributed by atoms with E-state index in [0.29, 0.717) is 26.3 Å². The normalized spacial score (nSPS) is 12.5. The van der Waals surface area contributed by atoms with Crippen molar-refractivity contribution in [3.8, 4) is 0 Å². The minimum atomic E-state index is -0.214. The number of rotatable bonds is 8. The first-order valence-electron chi connectivity index (χ1n) is 4.69. The van der Waals surface area contributed by atoms with Gasteiger partial charge in [-0.25, -0.2) is 0 Å². The Labute approximate surface area is 84.4 Å². The second kappa shape index (κ2) is 8.93. The number of methoxy groups -OCH3 is 1. The summed E-state index contributed by atoms with van der Waals surface area (Å²) in [5.41, 5.74) is 0. The van der Waals surface area contributed by atoms with Gasteiger partial charge in [-0.1, -0.05) is 6.92 Å². The molecule has 0 radical (unpaired) electrons. The molecular formula is C9H19NO4. The Hall–Kier alpha value is -0.650. The number of hydrogen-bond donors (Lipinski definition) is 2. The molecule has 0 heterocycles. The first kappa shape index (κ1) is 13.4. The second-order valence-corrected chi connectivity index (χ2v) is 2.96. The molecule has 0 aromatic heterocycles. The van der Waals surface area contributed by atoms with Crippen molar-refractivity contribution >= 4 is 5.97 Å². The summed E-state index contributed by atoms with van der Waals surface area (Å²) in [6.45, 7) is 3.98. The van der Waals surface area contributed by atoms with Crippen LogP contribution in [0.5, 0.6) is 0 Å². The topological polar surface area (TPSA) is 67.8 Å². The number of carbonyl (C=O) groups excluding carboxylic acids is 1. The van der Waals surface area contributed by atoms with E-state index in [2.05, 4.69) is 10.1 Å². The summed E-state index contributed by atoms with van der Waals surface area (Å²) in [4.78, 5) is 11.0. The maximum atomic E-state index is 11.0. The predicted octanol–water partition coefficient (Wildman–Crippen LogP) is -0.606. The molecule has 0 aromatic carbocycles. The van der Waals surface area contributed by atoms with Gasteiger partial charge in [-0.3, -0.25) is 4.79 Å². The molecular weight excluding hydrogens is 186 g/mol. The van der Waals surface area contributed by atoms with Gasteiger partial charge in [0.15, 0.2) is 0 Å². The summed E-state index contributed by atoms with van der Waals surface area (Å²) in [6, 6.07) is 0. The molecule has 0 aromatic rings. The molecule has 2 N–H and O–H groups in total. The highest BCUT2D eigenvalue weighted by Gasteiger charge is 2.11. The molecule has 5 nitrogen and oxygen atoms in total. The van der Waals surface area contributed by atoms with Crippen LogP contribution in [0.1, 0.15) is 6.92 Å². The van der Waals surface area contributed by atoms with Crippen molar-refractivity contribution < 1.29 is 19.4 Å². The van der Waals surface area contributed by atoms with Crippen LogP contribution in [0.2, 0.25) is 0 Å². The molecule has 1 atom stereocenters. The van der Waals surface area contributed by atoms with Crippen molar-refractivity contribution in [1.82, 2.24) is 5.32 Å². The summed E-state index contributed by atoms with van der Waals surface area (Å²) in [7, 11) is 1.38. The quantitative estimate of drug-likeness (QED) is 0.409. The van der Waals surface area contributed by atoms with E-state index >= 15 is 0 Å². The summed E-state index contributed by atoms with van der Waals surface area (Å²) >= 11 is 0. The highest BCUT2D eigenvalue weighted by Crippen LogP contribution is 1.94. The fourth-order valence-electron chi connectivity index (χ4n) is 0.914. The van der Waals surface area contributed by atoms with Crippen molar-refractivity contribution in [2.75, 3.05) is 40.0 Å². The Balaban J connectivity index is 3.23. The average molecular weight is 205 g/mol. The van der Waals surface area contributed by atoms with E-state index in [0.717, 1.165) is 0 Å². The van der Waals surface area contributed by atoms with Crippen molar-refractivity contribution in [2.24, 2.45) is 5.92 Å². The second-order valence-electron chi connectivity index (χ2n) is 2.96. The maximum absolute atomic E-state index is 11.0. The van der Waals surface area contributed by atoms with E-state index in [9.17, 15) is 4.79 Å². The molecule has 0 spiro atoms. The Morgan fingerprint density at radius 3 is 2.79 bits per heavy atom. The maximum Gasteiger partial charge on any atom is 0.309 e. The van der Waals surface area contributed by atoms with Gasteiger partial charge in [0, 0.05) is 13.1 Å². The lowest BCUT2D eigenvalue weighted by atomic mass is 10.2. The van der Waals surface area contributed by atoms with Crippen LogP contribution in [-0.2, 0) is 14.3 Å². The SMILES string of the molecule is COC(=O)C(C)CNCCOCCO. The fourth-order valence-corrected chi connectivity index (χ4v) is 0.914. The molecule has 14 heavy (non-hydrogen) atoms. The largest absolute Gasteiger partial charge is 0.469 e. The fraction of sp³-hybridized carbons (Fsp3) is 0.889. The van der Waals surface area contributed by atoms with E-state index in [1.165, 1.54) is 7.11 Å². The molecule has 0 fully saturated rings. The Kier molecular flexibility index (Phi) is 8.51. The Bertz CT molecular complexity index is 152. The zero-order chi connectivity index (χ0) is 10.8. The zero-order valence-corrected chi connectivity index (χ0v) is 8.78. The van der Waals surface area contributed by atoms with Crippen molar-refractivity contribution in [3.63, 3.8) is 0 Å². The number of nitrogens with one attached hydrogen (secondary N) is 1. The molecule has 1 unspecified atom stereocenters. The number of carbonyl (C=O) groups is 1. The molecule has 0 aliphatic heterocycles. The van der Waals surface area contributed by atoms with Crippen molar-refractivity contribution in [2.45, 2.75) is 6.92 Å². The van der Waals surface area contributed by atoms with Crippen LogP contribution in [-0.4, -0.2) is 51.1 Å². The third-order valence-corrected chi connectivity index (χ3v) is 1.71. The molecule has 0 bridgehead atoms. The van der Waals surface area contributed by atoms with Crippen LogP contribution in [0.25, 0.3) is 0 Å². The number of esters is 1. The van der Waals surface area contributed by atoms with Crippen LogP contribution in [0.4, 0.5) is 0 Å². The lowest BCUT2D eigenvalue weighted by molar-refractivity contribution is -0.144. The van der Waals surface area contributed by atoms with Gasteiger partial charge in [-0.05, 0) is 0 Å². The van der Waals surface area contributed by atoms with Gasteiger partial charge in [0.2, 0.25) is 0 Å².